The van der Waals surface area contributed by atoms with Crippen molar-refractivity contribution in [2.45, 2.75) is 25.7 Å². The molecule has 2 rings (SSSR count). The number of pyridine rings is 1. The van der Waals surface area contributed by atoms with Gasteiger partial charge in [0, 0.05) is 6.20 Å². The molecule has 0 spiro atoms. The van der Waals surface area contributed by atoms with Gasteiger partial charge in [0.25, 0.3) is 5.91 Å². The first-order valence-electron chi connectivity index (χ1n) is 7.39. The highest BCUT2D eigenvalue weighted by Gasteiger charge is 2.23. The molecule has 4 N–H and O–H groups in total. The molecule has 2 aromatic rings. The topological polar surface area (TPSA) is 115 Å². The minimum atomic E-state index is -1.20. The standard InChI is InChI=1S/C17H19N3O4/c1-11(21)14(18)16(22)20-17(23)15-13(8-5-9-19-15)24-10-12-6-3-2-4-7-12/h2-9,11,14,21H,10,18H2,1H3,(H,20,22,23)/t11?,14-/m0/s1. The van der Waals surface area contributed by atoms with Gasteiger partial charge < -0.3 is 15.6 Å². The summed E-state index contributed by atoms with van der Waals surface area (Å²) in [5, 5.41) is 11.4. The molecule has 0 bridgehead atoms. The van der Waals surface area contributed by atoms with E-state index in [1.54, 1.807) is 12.1 Å². The Morgan fingerprint density at radius 3 is 2.62 bits per heavy atom. The van der Waals surface area contributed by atoms with E-state index >= 15 is 0 Å². The summed E-state index contributed by atoms with van der Waals surface area (Å²) < 4.78 is 5.62. The predicted octanol–water partition coefficient (Wildman–Crippen LogP) is 0.625. The molecule has 7 nitrogen and oxygen atoms in total. The predicted molar refractivity (Wildman–Crippen MR) is 87.1 cm³/mol. The first-order chi connectivity index (χ1) is 11.5. The molecule has 1 unspecified atom stereocenters. The zero-order valence-corrected chi connectivity index (χ0v) is 13.2. The quantitative estimate of drug-likeness (QED) is 0.716. The Labute approximate surface area is 139 Å². The Kier molecular flexibility index (Phi) is 6.00. The Hall–Kier alpha value is -2.77. The number of imide groups is 1. The third-order valence-electron chi connectivity index (χ3n) is 3.28. The number of carbonyl (C=O) groups is 2. The normalized spacial score (nSPS) is 13.0. The number of rotatable bonds is 6. The van der Waals surface area contributed by atoms with Gasteiger partial charge in [0.2, 0.25) is 5.91 Å². The molecule has 0 radical (unpaired) electrons. The second kappa shape index (κ2) is 8.19. The van der Waals surface area contributed by atoms with Crippen LogP contribution in [-0.4, -0.2) is 34.1 Å². The molecule has 126 valence electrons. The van der Waals surface area contributed by atoms with Crippen LogP contribution in [0.25, 0.3) is 0 Å². The Balaban J connectivity index is 2.07. The van der Waals surface area contributed by atoms with Crippen molar-refractivity contribution in [3.05, 3.63) is 59.9 Å². The molecule has 0 aliphatic heterocycles. The van der Waals surface area contributed by atoms with Crippen molar-refractivity contribution in [3.63, 3.8) is 0 Å². The van der Waals surface area contributed by atoms with Gasteiger partial charge in [-0.25, -0.2) is 4.98 Å². The lowest BCUT2D eigenvalue weighted by molar-refractivity contribution is -0.123. The molecular weight excluding hydrogens is 310 g/mol. The summed E-state index contributed by atoms with van der Waals surface area (Å²) in [5.41, 5.74) is 6.40. The Bertz CT molecular complexity index is 704. The van der Waals surface area contributed by atoms with Gasteiger partial charge in [-0.05, 0) is 24.6 Å². The van der Waals surface area contributed by atoms with Crippen LogP contribution >= 0.6 is 0 Å². The maximum absolute atomic E-state index is 12.2. The zero-order valence-electron chi connectivity index (χ0n) is 13.2. The van der Waals surface area contributed by atoms with Gasteiger partial charge >= 0.3 is 0 Å². The fourth-order valence-electron chi connectivity index (χ4n) is 1.89. The van der Waals surface area contributed by atoms with Crippen LogP contribution in [0.5, 0.6) is 5.75 Å². The molecule has 0 aliphatic carbocycles. The molecule has 24 heavy (non-hydrogen) atoms. The second-order valence-electron chi connectivity index (χ2n) is 5.21. The van der Waals surface area contributed by atoms with Gasteiger partial charge in [0.1, 0.15) is 12.6 Å². The van der Waals surface area contributed by atoms with Gasteiger partial charge in [0.15, 0.2) is 11.4 Å². The number of hydrogen-bond acceptors (Lipinski definition) is 6. The number of aliphatic hydroxyl groups excluding tert-OH is 1. The lowest BCUT2D eigenvalue weighted by Gasteiger charge is -2.14. The van der Waals surface area contributed by atoms with Crippen molar-refractivity contribution in [1.29, 1.82) is 0 Å². The summed E-state index contributed by atoms with van der Waals surface area (Å²) in [5.74, 6) is -1.27. The minimum absolute atomic E-state index is 0.0282. The summed E-state index contributed by atoms with van der Waals surface area (Å²) in [6, 6.07) is 11.4. The Morgan fingerprint density at radius 1 is 1.25 bits per heavy atom. The minimum Gasteiger partial charge on any atom is -0.486 e. The molecule has 0 saturated carbocycles. The maximum atomic E-state index is 12.2. The van der Waals surface area contributed by atoms with Crippen LogP contribution in [-0.2, 0) is 11.4 Å². The number of nitrogens with one attached hydrogen (secondary N) is 1. The summed E-state index contributed by atoms with van der Waals surface area (Å²) >= 11 is 0. The first kappa shape index (κ1) is 17.6. The third-order valence-corrected chi connectivity index (χ3v) is 3.28. The van der Waals surface area contributed by atoms with E-state index in [0.717, 1.165) is 5.56 Å². The number of amides is 2. The molecule has 1 aromatic carbocycles. The van der Waals surface area contributed by atoms with Crippen LogP contribution in [0.3, 0.4) is 0 Å². The number of aromatic nitrogens is 1. The molecule has 7 heteroatoms. The van der Waals surface area contributed by atoms with Gasteiger partial charge in [-0.2, -0.15) is 0 Å². The largest absolute Gasteiger partial charge is 0.486 e. The monoisotopic (exact) mass is 329 g/mol. The van der Waals surface area contributed by atoms with E-state index in [-0.39, 0.29) is 18.1 Å². The van der Waals surface area contributed by atoms with Crippen molar-refractivity contribution in [3.8, 4) is 5.75 Å². The number of aliphatic hydroxyl groups is 1. The van der Waals surface area contributed by atoms with Crippen molar-refractivity contribution in [1.82, 2.24) is 10.3 Å². The van der Waals surface area contributed by atoms with E-state index in [1.165, 1.54) is 13.1 Å². The number of nitrogens with zero attached hydrogens (tertiary/aromatic N) is 1. The fourth-order valence-corrected chi connectivity index (χ4v) is 1.89. The maximum Gasteiger partial charge on any atom is 0.280 e. The molecule has 1 aromatic heterocycles. The van der Waals surface area contributed by atoms with Gasteiger partial charge in [-0.1, -0.05) is 30.3 Å². The molecule has 2 atom stereocenters. The van der Waals surface area contributed by atoms with E-state index in [9.17, 15) is 14.7 Å². The van der Waals surface area contributed by atoms with Crippen LogP contribution in [0, 0.1) is 0 Å². The van der Waals surface area contributed by atoms with Crippen molar-refractivity contribution in [2.24, 2.45) is 5.73 Å². The summed E-state index contributed by atoms with van der Waals surface area (Å²) in [7, 11) is 0. The first-order valence-corrected chi connectivity index (χ1v) is 7.39. The molecule has 0 fully saturated rings. The van der Waals surface area contributed by atoms with E-state index in [2.05, 4.69) is 10.3 Å². The number of benzene rings is 1. The van der Waals surface area contributed by atoms with Crippen molar-refractivity contribution in [2.75, 3.05) is 0 Å². The van der Waals surface area contributed by atoms with Crippen molar-refractivity contribution >= 4 is 11.8 Å². The highest BCUT2D eigenvalue weighted by Crippen LogP contribution is 2.17. The van der Waals surface area contributed by atoms with Crippen LogP contribution in [0.15, 0.2) is 48.7 Å². The van der Waals surface area contributed by atoms with E-state index in [1.807, 2.05) is 30.3 Å². The fraction of sp³-hybridized carbons (Fsp3) is 0.235. The highest BCUT2D eigenvalue weighted by molar-refractivity contribution is 6.06. The zero-order chi connectivity index (χ0) is 17.5. The van der Waals surface area contributed by atoms with Gasteiger partial charge in [-0.15, -0.1) is 0 Å². The average molecular weight is 329 g/mol. The van der Waals surface area contributed by atoms with E-state index in [4.69, 9.17) is 10.5 Å². The van der Waals surface area contributed by atoms with Crippen LogP contribution in [0.4, 0.5) is 0 Å². The second-order valence-corrected chi connectivity index (χ2v) is 5.21. The van der Waals surface area contributed by atoms with Crippen molar-refractivity contribution < 1.29 is 19.4 Å². The molecule has 0 aliphatic rings. The number of carbonyl (C=O) groups excluding carboxylic acids is 2. The SMILES string of the molecule is CC(O)[C@H](N)C(=O)NC(=O)c1ncccc1OCc1ccccc1. The van der Waals surface area contributed by atoms with Crippen LogP contribution in [0.2, 0.25) is 0 Å². The van der Waals surface area contributed by atoms with Crippen LogP contribution < -0.4 is 15.8 Å². The molecular formula is C17H19N3O4. The number of nitrogens with two attached hydrogens (primary N) is 1. The number of hydrogen-bond donors (Lipinski definition) is 3. The summed E-state index contributed by atoms with van der Waals surface area (Å²) in [6.07, 6.45) is 0.346. The van der Waals surface area contributed by atoms with E-state index in [0.29, 0.717) is 0 Å². The lowest BCUT2D eigenvalue weighted by atomic mass is 10.2. The Morgan fingerprint density at radius 2 is 1.96 bits per heavy atom. The van der Waals surface area contributed by atoms with Gasteiger partial charge in [-0.3, -0.25) is 14.9 Å². The summed E-state index contributed by atoms with van der Waals surface area (Å²) in [6.45, 7) is 1.62. The molecule has 1 heterocycles. The van der Waals surface area contributed by atoms with E-state index < -0.39 is 24.0 Å². The average Bonchev–Trinajstić information content (AvgIpc) is 2.60. The number of ether oxygens (including phenoxy) is 1. The summed E-state index contributed by atoms with van der Waals surface area (Å²) in [4.78, 5) is 27.9. The highest BCUT2D eigenvalue weighted by atomic mass is 16.5. The molecule has 2 amide bonds. The lowest BCUT2D eigenvalue weighted by Crippen LogP contribution is -2.49. The smallest absolute Gasteiger partial charge is 0.280 e. The van der Waals surface area contributed by atoms with Gasteiger partial charge in [0.05, 0.1) is 6.10 Å². The molecule has 0 saturated heterocycles. The van der Waals surface area contributed by atoms with Crippen LogP contribution in [0.1, 0.15) is 23.0 Å². The third kappa shape index (κ3) is 4.61.